The lowest BCUT2D eigenvalue weighted by Crippen LogP contribution is -2.34. The Hall–Kier alpha value is -1.01. The van der Waals surface area contributed by atoms with Gasteiger partial charge in [0.2, 0.25) is 0 Å². The molecule has 0 aliphatic carbocycles. The van der Waals surface area contributed by atoms with Crippen LogP contribution in [-0.2, 0) is 0 Å². The predicted molar refractivity (Wildman–Crippen MR) is 57.7 cm³/mol. The number of aliphatic hydroxyl groups is 1. The van der Waals surface area contributed by atoms with Crippen molar-refractivity contribution in [3.63, 3.8) is 0 Å². The SMILES string of the molecule is CC(C)(CCO)CNC(=O)c1cnns1. The van der Waals surface area contributed by atoms with Gasteiger partial charge in [-0.05, 0) is 23.4 Å². The van der Waals surface area contributed by atoms with Crippen molar-refractivity contribution < 1.29 is 9.90 Å². The third-order valence-electron chi connectivity index (χ3n) is 2.10. The van der Waals surface area contributed by atoms with E-state index in [4.69, 9.17) is 5.11 Å². The minimum absolute atomic E-state index is 0.0947. The molecule has 0 saturated carbocycles. The molecule has 0 aromatic carbocycles. The molecule has 2 N–H and O–H groups in total. The minimum atomic E-state index is -0.156. The maximum absolute atomic E-state index is 11.5. The summed E-state index contributed by atoms with van der Waals surface area (Å²) in [6, 6.07) is 0. The summed E-state index contributed by atoms with van der Waals surface area (Å²) in [6.07, 6.45) is 2.10. The van der Waals surface area contributed by atoms with E-state index in [1.165, 1.54) is 6.20 Å². The average molecular weight is 229 g/mol. The van der Waals surface area contributed by atoms with E-state index in [1.54, 1.807) is 0 Å². The highest BCUT2D eigenvalue weighted by Gasteiger charge is 2.19. The molecule has 6 heteroatoms. The predicted octanol–water partition coefficient (Wildman–Crippen LogP) is 0.676. The van der Waals surface area contributed by atoms with Gasteiger partial charge in [-0.25, -0.2) is 0 Å². The highest BCUT2D eigenvalue weighted by atomic mass is 32.1. The summed E-state index contributed by atoms with van der Waals surface area (Å²) in [7, 11) is 0. The molecule has 84 valence electrons. The zero-order chi connectivity index (χ0) is 11.3. The van der Waals surface area contributed by atoms with Crippen molar-refractivity contribution in [2.45, 2.75) is 20.3 Å². The standard InChI is InChI=1S/C9H15N3O2S/c1-9(2,3-4-13)6-10-8(14)7-5-11-12-15-7/h5,13H,3-4,6H2,1-2H3,(H,10,14). The number of nitrogens with zero attached hydrogens (tertiary/aromatic N) is 2. The van der Waals surface area contributed by atoms with Crippen molar-refractivity contribution in [1.29, 1.82) is 0 Å². The Balaban J connectivity index is 2.40. The molecule has 0 saturated heterocycles. The van der Waals surface area contributed by atoms with E-state index >= 15 is 0 Å². The first-order valence-electron chi connectivity index (χ1n) is 4.71. The number of aromatic nitrogens is 2. The summed E-state index contributed by atoms with van der Waals surface area (Å²) in [4.78, 5) is 12.0. The second-order valence-electron chi connectivity index (χ2n) is 4.10. The first kappa shape index (κ1) is 12.1. The molecule has 0 bridgehead atoms. The molecule has 0 aliphatic rings. The van der Waals surface area contributed by atoms with Crippen molar-refractivity contribution in [1.82, 2.24) is 14.9 Å². The van der Waals surface area contributed by atoms with Crippen molar-refractivity contribution >= 4 is 17.4 Å². The Morgan fingerprint density at radius 1 is 1.67 bits per heavy atom. The van der Waals surface area contributed by atoms with Crippen molar-refractivity contribution in [3.05, 3.63) is 11.1 Å². The van der Waals surface area contributed by atoms with Gasteiger partial charge in [0.1, 0.15) is 4.88 Å². The maximum Gasteiger partial charge on any atom is 0.264 e. The molecule has 5 nitrogen and oxygen atoms in total. The highest BCUT2D eigenvalue weighted by molar-refractivity contribution is 7.07. The van der Waals surface area contributed by atoms with E-state index in [1.807, 2.05) is 13.8 Å². The fourth-order valence-electron chi connectivity index (χ4n) is 1.06. The molecule has 1 rings (SSSR count). The maximum atomic E-state index is 11.5. The highest BCUT2D eigenvalue weighted by Crippen LogP contribution is 2.18. The molecular formula is C9H15N3O2S. The van der Waals surface area contributed by atoms with Gasteiger partial charge < -0.3 is 10.4 Å². The Morgan fingerprint density at radius 3 is 2.93 bits per heavy atom. The second-order valence-corrected chi connectivity index (χ2v) is 4.89. The van der Waals surface area contributed by atoms with Gasteiger partial charge in [0, 0.05) is 13.2 Å². The molecule has 0 spiro atoms. The molecule has 1 heterocycles. The van der Waals surface area contributed by atoms with Crippen molar-refractivity contribution in [2.24, 2.45) is 5.41 Å². The minimum Gasteiger partial charge on any atom is -0.396 e. The molecule has 0 atom stereocenters. The zero-order valence-electron chi connectivity index (χ0n) is 8.86. The molecule has 1 aromatic heterocycles. The lowest BCUT2D eigenvalue weighted by molar-refractivity contribution is 0.0932. The summed E-state index contributed by atoms with van der Waals surface area (Å²) in [5.74, 6) is -0.156. The molecule has 15 heavy (non-hydrogen) atoms. The van der Waals surface area contributed by atoms with Gasteiger partial charge in [-0.1, -0.05) is 18.3 Å². The third-order valence-corrected chi connectivity index (χ3v) is 2.76. The summed E-state index contributed by atoms with van der Waals surface area (Å²) in [5, 5.41) is 15.2. The van der Waals surface area contributed by atoms with Crippen LogP contribution in [0.15, 0.2) is 6.20 Å². The van der Waals surface area contributed by atoms with Crippen LogP contribution in [0, 0.1) is 5.41 Å². The average Bonchev–Trinajstić information content (AvgIpc) is 2.67. The zero-order valence-corrected chi connectivity index (χ0v) is 9.67. The fourth-order valence-corrected chi connectivity index (χ4v) is 1.50. The number of carbonyl (C=O) groups excluding carboxylic acids is 1. The summed E-state index contributed by atoms with van der Waals surface area (Å²) in [5.41, 5.74) is -0.0947. The number of nitrogens with one attached hydrogen (secondary N) is 1. The van der Waals surface area contributed by atoms with E-state index in [0.717, 1.165) is 11.5 Å². The van der Waals surface area contributed by atoms with Crippen LogP contribution in [0.4, 0.5) is 0 Å². The molecule has 0 aliphatic heterocycles. The molecule has 1 aromatic rings. The van der Waals surface area contributed by atoms with Gasteiger partial charge in [-0.2, -0.15) is 0 Å². The Morgan fingerprint density at radius 2 is 2.40 bits per heavy atom. The number of carbonyl (C=O) groups is 1. The van der Waals surface area contributed by atoms with E-state index in [9.17, 15) is 4.79 Å². The smallest absolute Gasteiger partial charge is 0.264 e. The fraction of sp³-hybridized carbons (Fsp3) is 0.667. The molecular weight excluding hydrogens is 214 g/mol. The third kappa shape index (κ3) is 3.93. The van der Waals surface area contributed by atoms with Crippen LogP contribution < -0.4 is 5.32 Å². The van der Waals surface area contributed by atoms with Crippen LogP contribution in [0.5, 0.6) is 0 Å². The van der Waals surface area contributed by atoms with Gasteiger partial charge in [0.25, 0.3) is 5.91 Å². The lowest BCUT2D eigenvalue weighted by atomic mass is 9.90. The van der Waals surface area contributed by atoms with Crippen molar-refractivity contribution in [3.8, 4) is 0 Å². The van der Waals surface area contributed by atoms with Gasteiger partial charge >= 0.3 is 0 Å². The Kier molecular flexibility index (Phi) is 4.16. The van der Waals surface area contributed by atoms with E-state index < -0.39 is 0 Å². The van der Waals surface area contributed by atoms with E-state index in [0.29, 0.717) is 17.8 Å². The summed E-state index contributed by atoms with van der Waals surface area (Å²) < 4.78 is 3.61. The number of rotatable bonds is 5. The monoisotopic (exact) mass is 229 g/mol. The first-order chi connectivity index (χ1) is 7.05. The van der Waals surface area contributed by atoms with Crippen LogP contribution in [0.2, 0.25) is 0 Å². The van der Waals surface area contributed by atoms with E-state index in [2.05, 4.69) is 14.9 Å². The summed E-state index contributed by atoms with van der Waals surface area (Å²) >= 11 is 1.07. The van der Waals surface area contributed by atoms with Crippen LogP contribution in [-0.4, -0.2) is 33.8 Å². The number of aliphatic hydroxyl groups excluding tert-OH is 1. The topological polar surface area (TPSA) is 75.1 Å². The number of hydrogen-bond acceptors (Lipinski definition) is 5. The van der Waals surface area contributed by atoms with Crippen LogP contribution in [0.3, 0.4) is 0 Å². The molecule has 0 radical (unpaired) electrons. The quantitative estimate of drug-likeness (QED) is 0.778. The van der Waals surface area contributed by atoms with E-state index in [-0.39, 0.29) is 17.9 Å². The van der Waals surface area contributed by atoms with Gasteiger partial charge in [0.05, 0.1) is 6.20 Å². The lowest BCUT2D eigenvalue weighted by Gasteiger charge is -2.23. The largest absolute Gasteiger partial charge is 0.396 e. The van der Waals surface area contributed by atoms with Gasteiger partial charge in [-0.15, -0.1) is 5.10 Å². The molecule has 0 unspecified atom stereocenters. The molecule has 0 fully saturated rings. The normalized spacial score (nSPS) is 11.4. The number of hydrogen-bond donors (Lipinski definition) is 2. The Labute approximate surface area is 92.7 Å². The van der Waals surface area contributed by atoms with Gasteiger partial charge in [-0.3, -0.25) is 4.79 Å². The molecule has 1 amide bonds. The Bertz CT molecular complexity index is 311. The first-order valence-corrected chi connectivity index (χ1v) is 5.49. The second kappa shape index (κ2) is 5.18. The van der Waals surface area contributed by atoms with Crippen molar-refractivity contribution in [2.75, 3.05) is 13.2 Å². The number of amides is 1. The van der Waals surface area contributed by atoms with Gasteiger partial charge in [0.15, 0.2) is 0 Å². The van der Waals surface area contributed by atoms with Crippen LogP contribution in [0.1, 0.15) is 29.9 Å². The summed E-state index contributed by atoms with van der Waals surface area (Å²) in [6.45, 7) is 4.65. The van der Waals surface area contributed by atoms with Crippen LogP contribution >= 0.6 is 11.5 Å². The van der Waals surface area contributed by atoms with Crippen LogP contribution in [0.25, 0.3) is 0 Å².